The molecule has 1 heterocycles. The summed E-state index contributed by atoms with van der Waals surface area (Å²) < 4.78 is 24.8. The number of thioether (sulfide) groups is 2. The Morgan fingerprint density at radius 3 is 2.86 bits per heavy atom. The minimum atomic E-state index is -3.11. The van der Waals surface area contributed by atoms with Gasteiger partial charge in [0.25, 0.3) is 0 Å². The molecular weight excluding hydrogens is 324 g/mol. The van der Waals surface area contributed by atoms with Gasteiger partial charge in [0.1, 0.15) is 5.37 Å². The molecule has 0 spiro atoms. The average molecular weight is 347 g/mol. The molecular formula is C14H22N2O2S3. The summed E-state index contributed by atoms with van der Waals surface area (Å²) in [6, 6.07) is 6.02. The quantitative estimate of drug-likeness (QED) is 0.825. The zero-order valence-corrected chi connectivity index (χ0v) is 14.9. The van der Waals surface area contributed by atoms with E-state index in [0.29, 0.717) is 12.3 Å². The lowest BCUT2D eigenvalue weighted by Gasteiger charge is -2.37. The maximum absolute atomic E-state index is 12.4. The second-order valence-corrected chi connectivity index (χ2v) is 9.28. The Balaban J connectivity index is 2.47. The Labute approximate surface area is 135 Å². The van der Waals surface area contributed by atoms with Gasteiger partial charge in [-0.15, -0.1) is 11.8 Å². The molecule has 0 amide bonds. The number of nitrogens with two attached hydrogens (primary N) is 1. The molecule has 2 N–H and O–H groups in total. The fraction of sp³-hybridized carbons (Fsp3) is 0.571. The minimum absolute atomic E-state index is 0.175. The lowest BCUT2D eigenvalue weighted by atomic mass is 10.1. The smallest absolute Gasteiger partial charge is 0.171 e. The van der Waals surface area contributed by atoms with Crippen molar-refractivity contribution in [1.29, 1.82) is 0 Å². The zero-order chi connectivity index (χ0) is 15.5. The van der Waals surface area contributed by atoms with Gasteiger partial charge in [-0.1, -0.05) is 13.0 Å². The molecule has 7 heteroatoms. The van der Waals surface area contributed by atoms with Crippen molar-refractivity contribution in [3.05, 3.63) is 23.8 Å². The van der Waals surface area contributed by atoms with Crippen LogP contribution in [0.15, 0.2) is 23.1 Å². The summed E-state index contributed by atoms with van der Waals surface area (Å²) in [5, 5.41) is -0.441. The highest BCUT2D eigenvalue weighted by Crippen LogP contribution is 2.34. The lowest BCUT2D eigenvalue weighted by molar-refractivity contribution is 0.579. The normalized spacial score (nSPS) is 19.8. The van der Waals surface area contributed by atoms with Crippen LogP contribution in [-0.2, 0) is 16.4 Å². The van der Waals surface area contributed by atoms with E-state index in [1.807, 2.05) is 29.4 Å². The standard InChI is InChI=1S/C14H22N2O2S3/c1-3-21(17,18)14-10-20-8-7-16(14)12-5-4-6-13(19-2)11(12)9-15/h4-6,14H,3,7-10,15H2,1-2H3. The molecule has 118 valence electrons. The van der Waals surface area contributed by atoms with Gasteiger partial charge in [-0.2, -0.15) is 11.8 Å². The molecule has 0 aliphatic carbocycles. The molecule has 1 saturated heterocycles. The van der Waals surface area contributed by atoms with Crippen molar-refractivity contribution in [2.45, 2.75) is 23.7 Å². The van der Waals surface area contributed by atoms with E-state index < -0.39 is 15.2 Å². The van der Waals surface area contributed by atoms with Crippen molar-refractivity contribution in [2.24, 2.45) is 5.73 Å². The lowest BCUT2D eigenvalue weighted by Crippen LogP contribution is -2.48. The maximum Gasteiger partial charge on any atom is 0.171 e. The fourth-order valence-corrected chi connectivity index (χ4v) is 6.20. The maximum atomic E-state index is 12.4. The van der Waals surface area contributed by atoms with E-state index in [1.165, 1.54) is 0 Å². The molecule has 1 aromatic carbocycles. The summed E-state index contributed by atoms with van der Waals surface area (Å²) in [5.74, 6) is 1.75. The Morgan fingerprint density at radius 1 is 1.48 bits per heavy atom. The van der Waals surface area contributed by atoms with Crippen molar-refractivity contribution < 1.29 is 8.42 Å². The van der Waals surface area contributed by atoms with E-state index in [4.69, 9.17) is 5.73 Å². The summed E-state index contributed by atoms with van der Waals surface area (Å²) in [6.45, 7) is 2.89. The van der Waals surface area contributed by atoms with Gasteiger partial charge >= 0.3 is 0 Å². The SMILES string of the molecule is CCS(=O)(=O)C1CSCCN1c1cccc(SC)c1CN. The van der Waals surface area contributed by atoms with Crippen LogP contribution in [-0.4, -0.2) is 43.9 Å². The van der Waals surface area contributed by atoms with Crippen molar-refractivity contribution in [1.82, 2.24) is 0 Å². The van der Waals surface area contributed by atoms with E-state index in [2.05, 4.69) is 0 Å². The fourth-order valence-electron chi connectivity index (χ4n) is 2.57. The monoisotopic (exact) mass is 346 g/mol. The van der Waals surface area contributed by atoms with Crippen LogP contribution in [0.5, 0.6) is 0 Å². The van der Waals surface area contributed by atoms with Crippen molar-refractivity contribution in [3.8, 4) is 0 Å². The van der Waals surface area contributed by atoms with Crippen LogP contribution >= 0.6 is 23.5 Å². The third kappa shape index (κ3) is 3.52. The Morgan fingerprint density at radius 2 is 2.24 bits per heavy atom. The number of hydrogen-bond acceptors (Lipinski definition) is 6. The Hall–Kier alpha value is -0.370. The van der Waals surface area contributed by atoms with Crippen LogP contribution in [0.4, 0.5) is 5.69 Å². The first-order valence-corrected chi connectivity index (χ1v) is 11.1. The first kappa shape index (κ1) is 17.0. The molecule has 1 atom stereocenters. The predicted octanol–water partition coefficient (Wildman–Crippen LogP) is 2.18. The van der Waals surface area contributed by atoms with Gasteiger partial charge in [0.15, 0.2) is 9.84 Å². The first-order valence-electron chi connectivity index (χ1n) is 6.97. The molecule has 1 aliphatic rings. The zero-order valence-electron chi connectivity index (χ0n) is 12.4. The molecule has 1 aromatic rings. The summed E-state index contributed by atoms with van der Waals surface area (Å²) in [6.07, 6.45) is 2.02. The summed E-state index contributed by atoms with van der Waals surface area (Å²) >= 11 is 3.36. The largest absolute Gasteiger partial charge is 0.353 e. The molecule has 0 aromatic heterocycles. The van der Waals surface area contributed by atoms with E-state index in [-0.39, 0.29) is 5.75 Å². The van der Waals surface area contributed by atoms with Gasteiger partial charge < -0.3 is 10.6 Å². The van der Waals surface area contributed by atoms with Crippen LogP contribution in [0, 0.1) is 0 Å². The highest BCUT2D eigenvalue weighted by molar-refractivity contribution is 8.01. The van der Waals surface area contributed by atoms with E-state index in [1.54, 1.807) is 30.4 Å². The molecule has 1 unspecified atom stereocenters. The van der Waals surface area contributed by atoms with Crippen LogP contribution in [0.25, 0.3) is 0 Å². The average Bonchev–Trinajstić information content (AvgIpc) is 2.53. The molecule has 0 bridgehead atoms. The topological polar surface area (TPSA) is 63.4 Å². The molecule has 4 nitrogen and oxygen atoms in total. The van der Waals surface area contributed by atoms with Gasteiger partial charge in [0.2, 0.25) is 0 Å². The van der Waals surface area contributed by atoms with Gasteiger partial charge in [0.05, 0.1) is 0 Å². The number of rotatable bonds is 5. The third-order valence-electron chi connectivity index (χ3n) is 3.74. The van der Waals surface area contributed by atoms with Crippen LogP contribution in [0.1, 0.15) is 12.5 Å². The van der Waals surface area contributed by atoms with Crippen LogP contribution in [0.3, 0.4) is 0 Å². The molecule has 2 rings (SSSR count). The molecule has 21 heavy (non-hydrogen) atoms. The second kappa shape index (κ2) is 7.26. The molecule has 1 aliphatic heterocycles. The molecule has 0 saturated carbocycles. The molecule has 0 radical (unpaired) electrons. The van der Waals surface area contributed by atoms with Gasteiger partial charge in [-0.25, -0.2) is 8.42 Å². The van der Waals surface area contributed by atoms with E-state index >= 15 is 0 Å². The summed E-state index contributed by atoms with van der Waals surface area (Å²) in [5.41, 5.74) is 7.95. The highest BCUT2D eigenvalue weighted by Gasteiger charge is 2.34. The number of benzene rings is 1. The number of sulfone groups is 1. The second-order valence-electron chi connectivity index (χ2n) is 4.84. The van der Waals surface area contributed by atoms with Crippen LogP contribution in [0.2, 0.25) is 0 Å². The predicted molar refractivity (Wildman–Crippen MR) is 94.0 cm³/mol. The van der Waals surface area contributed by atoms with Crippen molar-refractivity contribution in [2.75, 3.05) is 35.0 Å². The van der Waals surface area contributed by atoms with Crippen molar-refractivity contribution >= 4 is 39.0 Å². The third-order valence-corrected chi connectivity index (χ3v) is 7.85. The highest BCUT2D eigenvalue weighted by atomic mass is 32.2. The molecule has 1 fully saturated rings. The minimum Gasteiger partial charge on any atom is -0.353 e. The van der Waals surface area contributed by atoms with Gasteiger partial charge in [-0.05, 0) is 18.4 Å². The Bertz CT molecular complexity index is 590. The summed E-state index contributed by atoms with van der Waals surface area (Å²) in [7, 11) is -3.11. The van der Waals surface area contributed by atoms with Gasteiger partial charge in [-0.3, -0.25) is 0 Å². The van der Waals surface area contributed by atoms with Crippen molar-refractivity contribution in [3.63, 3.8) is 0 Å². The number of nitrogens with zero attached hydrogens (tertiary/aromatic N) is 1. The first-order chi connectivity index (χ1) is 10.0. The van der Waals surface area contributed by atoms with Gasteiger partial charge in [0, 0.05) is 46.5 Å². The summed E-state index contributed by atoms with van der Waals surface area (Å²) in [4.78, 5) is 3.16. The Kier molecular flexibility index (Phi) is 5.88. The van der Waals surface area contributed by atoms with E-state index in [0.717, 1.165) is 28.4 Å². The number of hydrogen-bond donors (Lipinski definition) is 1. The number of anilines is 1. The van der Waals surface area contributed by atoms with E-state index in [9.17, 15) is 8.42 Å². The van der Waals surface area contributed by atoms with Crippen LogP contribution < -0.4 is 10.6 Å².